The molecular weight excluding hydrogens is 333 g/mol. The summed E-state index contributed by atoms with van der Waals surface area (Å²) >= 11 is 9.31. The molecule has 2 aromatic rings. The first kappa shape index (κ1) is 14.3. The van der Waals surface area contributed by atoms with Crippen LogP contribution in [0, 0.1) is 5.82 Å². The summed E-state index contributed by atoms with van der Waals surface area (Å²) in [6, 6.07) is 9.32. The van der Waals surface area contributed by atoms with E-state index < -0.39 is 11.9 Å². The zero-order chi connectivity index (χ0) is 14.0. The number of ether oxygens (including phenoxy) is 1. The highest BCUT2D eigenvalue weighted by Gasteiger charge is 2.15. The quantitative estimate of drug-likeness (QED) is 0.901. The molecule has 0 fully saturated rings. The van der Waals surface area contributed by atoms with Crippen molar-refractivity contribution >= 4 is 27.5 Å². The minimum atomic E-state index is -0.582. The number of hydrogen-bond donors (Lipinski definition) is 1. The molecule has 1 atom stereocenters. The molecule has 2 nitrogen and oxygen atoms in total. The van der Waals surface area contributed by atoms with E-state index in [-0.39, 0.29) is 0 Å². The fourth-order valence-corrected chi connectivity index (χ4v) is 2.71. The Labute approximate surface area is 124 Å². The van der Waals surface area contributed by atoms with Crippen LogP contribution in [0.25, 0.3) is 0 Å². The average molecular weight is 345 g/mol. The summed E-state index contributed by atoms with van der Waals surface area (Å²) in [4.78, 5) is 0. The molecule has 0 aliphatic carbocycles. The first-order valence-electron chi connectivity index (χ1n) is 5.56. The molecule has 2 N–H and O–H groups in total. The maximum atomic E-state index is 14.0. The highest BCUT2D eigenvalue weighted by atomic mass is 79.9. The Morgan fingerprint density at radius 2 is 2.00 bits per heavy atom. The third-order valence-electron chi connectivity index (χ3n) is 2.79. The maximum Gasteiger partial charge on any atom is 0.132 e. The molecule has 2 rings (SSSR count). The Hall–Kier alpha value is -1.10. The van der Waals surface area contributed by atoms with Gasteiger partial charge in [0.05, 0.1) is 13.2 Å². The molecule has 0 saturated heterocycles. The van der Waals surface area contributed by atoms with E-state index in [0.29, 0.717) is 16.3 Å². The van der Waals surface area contributed by atoms with Crippen LogP contribution < -0.4 is 10.5 Å². The SMILES string of the molecule is COc1ccc(C(N)c2cc(Cl)cc(Br)c2)c(F)c1. The largest absolute Gasteiger partial charge is 0.497 e. The van der Waals surface area contributed by atoms with E-state index in [4.69, 9.17) is 22.1 Å². The Balaban J connectivity index is 2.40. The van der Waals surface area contributed by atoms with Crippen LogP contribution >= 0.6 is 27.5 Å². The summed E-state index contributed by atoms with van der Waals surface area (Å²) in [5.74, 6) is 0.0590. The van der Waals surface area contributed by atoms with Crippen LogP contribution in [0.3, 0.4) is 0 Å². The van der Waals surface area contributed by atoms with Gasteiger partial charge in [0, 0.05) is 21.1 Å². The monoisotopic (exact) mass is 343 g/mol. The lowest BCUT2D eigenvalue weighted by molar-refractivity contribution is 0.410. The summed E-state index contributed by atoms with van der Waals surface area (Å²) in [5, 5.41) is 0.550. The first-order chi connectivity index (χ1) is 9.01. The van der Waals surface area contributed by atoms with Crippen molar-refractivity contribution in [3.05, 3.63) is 62.8 Å². The predicted octanol–water partition coefficient (Wildman–Crippen LogP) is 4.30. The van der Waals surface area contributed by atoms with Gasteiger partial charge in [-0.2, -0.15) is 0 Å². The molecule has 2 aromatic carbocycles. The highest BCUT2D eigenvalue weighted by molar-refractivity contribution is 9.10. The van der Waals surface area contributed by atoms with Gasteiger partial charge in [0.1, 0.15) is 11.6 Å². The van der Waals surface area contributed by atoms with Crippen molar-refractivity contribution in [1.82, 2.24) is 0 Å². The summed E-state index contributed by atoms with van der Waals surface area (Å²) < 4.78 is 19.7. The molecule has 0 radical (unpaired) electrons. The maximum absolute atomic E-state index is 14.0. The van der Waals surface area contributed by atoms with Crippen LogP contribution in [0.4, 0.5) is 4.39 Å². The van der Waals surface area contributed by atoms with E-state index in [9.17, 15) is 4.39 Å². The topological polar surface area (TPSA) is 35.2 Å². The fraction of sp³-hybridized carbons (Fsp3) is 0.143. The van der Waals surface area contributed by atoms with E-state index in [0.717, 1.165) is 10.0 Å². The van der Waals surface area contributed by atoms with Crippen molar-refractivity contribution in [1.29, 1.82) is 0 Å². The van der Waals surface area contributed by atoms with Gasteiger partial charge >= 0.3 is 0 Å². The Bertz CT molecular complexity index is 586. The molecule has 0 aliphatic heterocycles. The highest BCUT2D eigenvalue weighted by Crippen LogP contribution is 2.29. The summed E-state index contributed by atoms with van der Waals surface area (Å²) in [6.07, 6.45) is 0. The molecule has 0 spiro atoms. The summed E-state index contributed by atoms with van der Waals surface area (Å²) in [5.41, 5.74) is 7.22. The fourth-order valence-electron chi connectivity index (χ4n) is 1.82. The van der Waals surface area contributed by atoms with Gasteiger partial charge in [-0.3, -0.25) is 0 Å². The van der Waals surface area contributed by atoms with E-state index in [2.05, 4.69) is 15.9 Å². The van der Waals surface area contributed by atoms with Crippen LogP contribution in [0.5, 0.6) is 5.75 Å². The number of rotatable bonds is 3. The lowest BCUT2D eigenvalue weighted by Gasteiger charge is -2.15. The second kappa shape index (κ2) is 5.90. The van der Waals surface area contributed by atoms with Gasteiger partial charge in [0.25, 0.3) is 0 Å². The molecule has 0 aromatic heterocycles. The van der Waals surface area contributed by atoms with Crippen molar-refractivity contribution in [2.75, 3.05) is 7.11 Å². The van der Waals surface area contributed by atoms with Crippen molar-refractivity contribution < 1.29 is 9.13 Å². The smallest absolute Gasteiger partial charge is 0.132 e. The number of halogens is 3. The molecule has 0 saturated carbocycles. The van der Waals surface area contributed by atoms with E-state index >= 15 is 0 Å². The molecule has 0 heterocycles. The van der Waals surface area contributed by atoms with E-state index in [1.165, 1.54) is 13.2 Å². The first-order valence-corrected chi connectivity index (χ1v) is 6.73. The lowest BCUT2D eigenvalue weighted by atomic mass is 9.99. The van der Waals surface area contributed by atoms with Crippen molar-refractivity contribution in [2.24, 2.45) is 5.73 Å². The van der Waals surface area contributed by atoms with E-state index in [1.807, 2.05) is 6.07 Å². The molecular formula is C14H12BrClFNO. The zero-order valence-electron chi connectivity index (χ0n) is 10.2. The van der Waals surface area contributed by atoms with Crippen LogP contribution in [0.2, 0.25) is 5.02 Å². The van der Waals surface area contributed by atoms with Crippen molar-refractivity contribution in [3.63, 3.8) is 0 Å². The molecule has 0 bridgehead atoms. The molecule has 0 amide bonds. The molecule has 1 unspecified atom stereocenters. The van der Waals surface area contributed by atoms with Gasteiger partial charge in [-0.05, 0) is 29.8 Å². The van der Waals surface area contributed by atoms with Crippen LogP contribution in [0.1, 0.15) is 17.2 Å². The normalized spacial score (nSPS) is 12.3. The standard InChI is InChI=1S/C14H12BrClFNO/c1-19-11-2-3-12(13(17)7-11)14(18)8-4-9(15)6-10(16)5-8/h2-7,14H,18H2,1H3. The number of nitrogens with two attached hydrogens (primary N) is 1. The van der Waals surface area contributed by atoms with Crippen LogP contribution in [-0.4, -0.2) is 7.11 Å². The van der Waals surface area contributed by atoms with Crippen molar-refractivity contribution in [2.45, 2.75) is 6.04 Å². The third kappa shape index (κ3) is 3.26. The Morgan fingerprint density at radius 1 is 1.26 bits per heavy atom. The second-order valence-corrected chi connectivity index (χ2v) is 5.42. The van der Waals surface area contributed by atoms with Gasteiger partial charge in [-0.15, -0.1) is 0 Å². The minimum Gasteiger partial charge on any atom is -0.497 e. The summed E-state index contributed by atoms with van der Waals surface area (Å²) in [6.45, 7) is 0. The van der Waals surface area contributed by atoms with E-state index in [1.54, 1.807) is 24.3 Å². The summed E-state index contributed by atoms with van der Waals surface area (Å²) in [7, 11) is 1.49. The number of benzene rings is 2. The second-order valence-electron chi connectivity index (χ2n) is 4.07. The van der Waals surface area contributed by atoms with Gasteiger partial charge in [0.15, 0.2) is 0 Å². The minimum absolute atomic E-state index is 0.398. The van der Waals surface area contributed by atoms with Gasteiger partial charge < -0.3 is 10.5 Å². The van der Waals surface area contributed by atoms with Crippen LogP contribution in [0.15, 0.2) is 40.9 Å². The number of hydrogen-bond acceptors (Lipinski definition) is 2. The molecule has 5 heteroatoms. The zero-order valence-corrected chi connectivity index (χ0v) is 12.5. The van der Waals surface area contributed by atoms with Crippen molar-refractivity contribution in [3.8, 4) is 5.75 Å². The molecule has 19 heavy (non-hydrogen) atoms. The Morgan fingerprint density at radius 3 is 2.58 bits per heavy atom. The van der Waals surface area contributed by atoms with Gasteiger partial charge in [-0.25, -0.2) is 4.39 Å². The lowest BCUT2D eigenvalue weighted by Crippen LogP contribution is -2.13. The average Bonchev–Trinajstić information content (AvgIpc) is 2.36. The molecule has 100 valence electrons. The van der Waals surface area contributed by atoms with Gasteiger partial charge in [-0.1, -0.05) is 33.6 Å². The molecule has 0 aliphatic rings. The van der Waals surface area contributed by atoms with Gasteiger partial charge in [0.2, 0.25) is 0 Å². The third-order valence-corrected chi connectivity index (χ3v) is 3.46. The van der Waals surface area contributed by atoms with Crippen LogP contribution in [-0.2, 0) is 0 Å². The number of methoxy groups -OCH3 is 1. The predicted molar refractivity (Wildman–Crippen MR) is 78.1 cm³/mol. The Kier molecular flexibility index (Phi) is 4.45.